The van der Waals surface area contributed by atoms with Crippen molar-refractivity contribution < 1.29 is 71.4 Å². The molecule has 0 rings (SSSR count). The molecule has 0 spiro atoms. The molecule has 0 aromatic carbocycles. The summed E-state index contributed by atoms with van der Waals surface area (Å²) in [6.07, 6.45) is -0.0648. The van der Waals surface area contributed by atoms with Gasteiger partial charge >= 0.3 is 111 Å². The van der Waals surface area contributed by atoms with Crippen LogP contribution in [0.5, 0.6) is 0 Å². The third-order valence-electron chi connectivity index (χ3n) is 1.78. The average molecular weight is 471 g/mol. The topological polar surface area (TPSA) is 161 Å². The zero-order chi connectivity index (χ0) is 15.6. The second-order valence-corrected chi connectivity index (χ2v) is 8.04. The van der Waals surface area contributed by atoms with E-state index >= 15 is 0 Å². The van der Waals surface area contributed by atoms with E-state index in [4.69, 9.17) is 31.6 Å². The van der Waals surface area contributed by atoms with Crippen LogP contribution in [0.15, 0.2) is 0 Å². The van der Waals surface area contributed by atoms with E-state index in [2.05, 4.69) is 9.47 Å². The molecule has 0 N–H and O–H groups in total. The fourth-order valence-corrected chi connectivity index (χ4v) is 1.13. The van der Waals surface area contributed by atoms with Gasteiger partial charge in [-0.2, -0.15) is 0 Å². The number of rotatable bonds is 2. The van der Waals surface area contributed by atoms with Crippen LogP contribution in [0.4, 0.5) is 0 Å². The fraction of sp³-hybridized carbons (Fsp3) is 0.400. The summed E-state index contributed by atoms with van der Waals surface area (Å²) in [6.45, 7) is 1.83. The average Bonchev–Trinajstić information content (AvgIpc) is 2.52. The van der Waals surface area contributed by atoms with Crippen LogP contribution >= 0.6 is 0 Å². The maximum absolute atomic E-state index is 8.58. The van der Waals surface area contributed by atoms with Crippen molar-refractivity contribution in [2.24, 2.45) is 0 Å². The number of nitriles is 6. The first-order chi connectivity index (χ1) is 8.78. The van der Waals surface area contributed by atoms with Crippen LogP contribution in [-0.2, 0) is 59.0 Å². The Balaban J connectivity index is -0.0000000933. The Morgan fingerprint density at radius 3 is 0.864 bits per heavy atom. The summed E-state index contributed by atoms with van der Waals surface area (Å²) in [7, 11) is -2.82. The minimum atomic E-state index is -6.03. The molecule has 8 nitrogen and oxygen atoms in total. The molecule has 22 heavy (non-hydrogen) atoms. The van der Waals surface area contributed by atoms with Gasteiger partial charge in [-0.05, 0) is 6.92 Å². The molecule has 0 aliphatic carbocycles. The molecule has 0 aliphatic rings. The van der Waals surface area contributed by atoms with Gasteiger partial charge in [-0.1, -0.05) is 0 Å². The van der Waals surface area contributed by atoms with E-state index in [0.717, 1.165) is 30.0 Å². The molecule has 112 valence electrons. The van der Waals surface area contributed by atoms with Crippen molar-refractivity contribution >= 4 is 0 Å². The second-order valence-electron chi connectivity index (χ2n) is 2.74. The molecule has 0 aromatic rings. The smallest absolute Gasteiger partial charge is 1.00 e. The van der Waals surface area contributed by atoms with Crippen LogP contribution in [0.1, 0.15) is 6.92 Å². The molecule has 0 aromatic heterocycles. The molecular weight excluding hydrogens is 461 g/mol. The van der Waals surface area contributed by atoms with Crippen molar-refractivity contribution in [1.29, 1.82) is 31.6 Å². The predicted octanol–water partition coefficient (Wildman–Crippen LogP) is -2.28. The molecule has 0 radical (unpaired) electrons. The van der Waals surface area contributed by atoms with Crippen molar-refractivity contribution in [3.05, 3.63) is 0 Å². The molecule has 0 atom stereocenters. The number of hydrogen-bond acceptors (Lipinski definition) is 8. The van der Waals surface area contributed by atoms with E-state index in [1.54, 1.807) is 14.2 Å². The van der Waals surface area contributed by atoms with Crippen molar-refractivity contribution in [3.63, 3.8) is 0 Å². The SMILES string of the molecule is COC(C)OC.N#[C][Co-3]([C]#N)([C]#N)([C]#N)([C]#N)[C]#N.[Cl-].[Zn+2].[Zn+2]. The largest absolute Gasteiger partial charge is 2.00 e. The Hall–Kier alpha value is -1.10. The first-order valence-electron chi connectivity index (χ1n) is 4.21. The molecule has 0 saturated heterocycles. The molecule has 12 heteroatoms. The van der Waals surface area contributed by atoms with E-state index in [1.807, 2.05) is 6.92 Å². The van der Waals surface area contributed by atoms with E-state index in [9.17, 15) is 0 Å². The van der Waals surface area contributed by atoms with Gasteiger partial charge in [0.2, 0.25) is 0 Å². The fourth-order valence-electron chi connectivity index (χ4n) is 0.346. The van der Waals surface area contributed by atoms with Gasteiger partial charge in [0, 0.05) is 14.2 Å². The molecule has 0 heterocycles. The zero-order valence-corrected chi connectivity index (χ0v) is 19.9. The van der Waals surface area contributed by atoms with E-state index in [0.29, 0.717) is 0 Å². The first-order valence-corrected chi connectivity index (χ1v) is 7.33. The quantitative estimate of drug-likeness (QED) is 0.322. The van der Waals surface area contributed by atoms with Crippen LogP contribution < -0.4 is 12.4 Å². The number of methoxy groups -OCH3 is 2. The standard InChI is InChI=1S/C4H10O2.6CN.ClH.Co.2Zn/c1-4(5-2)6-3;6*1-2;;;;/h4H,1-3H3;;;;;;;1H;;;/q;;;;;;;;-3;2*+2/p-1. The van der Waals surface area contributed by atoms with Crippen LogP contribution in [-0.4, -0.2) is 20.5 Å². The molecule has 0 aliphatic heterocycles. The summed E-state index contributed by atoms with van der Waals surface area (Å²) in [5, 5.41) is 57.6. The van der Waals surface area contributed by atoms with Gasteiger partial charge in [-0.3, -0.25) is 0 Å². The van der Waals surface area contributed by atoms with Crippen molar-refractivity contribution in [1.82, 2.24) is 0 Å². The van der Waals surface area contributed by atoms with Gasteiger partial charge in [0.15, 0.2) is 6.29 Å². The van der Waals surface area contributed by atoms with Gasteiger partial charge in [0.05, 0.1) is 0 Å². The van der Waals surface area contributed by atoms with Gasteiger partial charge in [0.1, 0.15) is 0 Å². The van der Waals surface area contributed by atoms with Crippen LogP contribution in [0.2, 0.25) is 0 Å². The molecule has 0 fully saturated rings. The zero-order valence-electron chi connectivity index (χ0n) is 12.2. The third-order valence-corrected chi connectivity index (χ3v) is 5.27. The van der Waals surface area contributed by atoms with E-state index in [1.165, 1.54) is 0 Å². The summed E-state index contributed by atoms with van der Waals surface area (Å²) in [5.41, 5.74) is 0. The Bertz CT molecular complexity index is 483. The van der Waals surface area contributed by atoms with E-state index in [-0.39, 0.29) is 57.7 Å². The third kappa shape index (κ3) is 5.60. The van der Waals surface area contributed by atoms with Crippen molar-refractivity contribution in [2.45, 2.75) is 13.2 Å². The summed E-state index contributed by atoms with van der Waals surface area (Å²) >= 11 is 0. The second kappa shape index (κ2) is 11.5. The Morgan fingerprint density at radius 1 is 0.682 bits per heavy atom. The molecule has 0 saturated carbocycles. The number of halogens is 1. The van der Waals surface area contributed by atoms with Crippen LogP contribution in [0, 0.1) is 61.6 Å². The van der Waals surface area contributed by atoms with Crippen LogP contribution in [0.25, 0.3) is 0 Å². The number of nitrogens with zero attached hydrogens (tertiary/aromatic N) is 6. The summed E-state index contributed by atoms with van der Waals surface area (Å²) in [5.74, 6) is 0. The molecule has 0 unspecified atom stereocenters. The Morgan fingerprint density at radius 2 is 0.864 bits per heavy atom. The molecule has 0 bridgehead atoms. The maximum Gasteiger partial charge on any atom is 2.00 e. The van der Waals surface area contributed by atoms with E-state index < -0.39 is 10.5 Å². The van der Waals surface area contributed by atoms with Crippen molar-refractivity contribution in [2.75, 3.05) is 14.2 Å². The van der Waals surface area contributed by atoms with Gasteiger partial charge in [-0.15, -0.1) is 0 Å². The number of hydrogen-bond donors (Lipinski definition) is 0. The predicted molar refractivity (Wildman–Crippen MR) is 57.2 cm³/mol. The monoisotopic (exact) mass is 468 g/mol. The first kappa shape index (κ1) is 32.7. The summed E-state index contributed by atoms with van der Waals surface area (Å²) in [4.78, 5) is 0. The molecular formula is C10H10ClCoN6O2Zn2. The van der Waals surface area contributed by atoms with Crippen LogP contribution in [0.3, 0.4) is 0 Å². The maximum atomic E-state index is 8.58. The number of ether oxygens (including phenoxy) is 2. The minimum absolute atomic E-state index is 0. The Labute approximate surface area is 159 Å². The molecule has 0 amide bonds. The Kier molecular flexibility index (Phi) is 17.1. The van der Waals surface area contributed by atoms with Crippen molar-refractivity contribution in [3.8, 4) is 30.0 Å². The normalized spacial score (nSPS) is 10.6. The minimum Gasteiger partial charge on any atom is -1.00 e. The summed E-state index contributed by atoms with van der Waals surface area (Å²) in [6, 6.07) is 0. The van der Waals surface area contributed by atoms with Gasteiger partial charge < -0.3 is 21.9 Å². The van der Waals surface area contributed by atoms with Gasteiger partial charge in [-0.25, -0.2) is 0 Å². The summed E-state index contributed by atoms with van der Waals surface area (Å²) < 4.78 is 9.35. The van der Waals surface area contributed by atoms with Gasteiger partial charge in [0.25, 0.3) is 0 Å².